The minimum absolute atomic E-state index is 0.0756. The summed E-state index contributed by atoms with van der Waals surface area (Å²) in [4.78, 5) is 27.8. The van der Waals surface area contributed by atoms with E-state index in [1.807, 2.05) is 31.5 Å². The fraction of sp³-hybridized carbons (Fsp3) is 0.400. The standard InChI is InChI=1S/C20H26N2O4/c1-3-11-22(2)12-10-15-14-21-18-9-8-16(13-17(15)18)26-20(25)7-5-4-6-19(23)24/h3,8-9,13-14,21H,1,4-7,10-12H2,2H3,(H,23,24). The fourth-order valence-corrected chi connectivity index (χ4v) is 2.78. The summed E-state index contributed by atoms with van der Waals surface area (Å²) in [6.45, 7) is 5.49. The normalized spacial score (nSPS) is 11.0. The van der Waals surface area contributed by atoms with Crippen LogP contribution in [-0.4, -0.2) is 47.1 Å². The molecule has 0 atom stereocenters. The molecule has 6 nitrogen and oxygen atoms in total. The Labute approximate surface area is 153 Å². The monoisotopic (exact) mass is 358 g/mol. The summed E-state index contributed by atoms with van der Waals surface area (Å²) in [6, 6.07) is 5.55. The number of hydrogen-bond acceptors (Lipinski definition) is 4. The van der Waals surface area contributed by atoms with Crippen LogP contribution in [0.3, 0.4) is 0 Å². The Kier molecular flexibility index (Phi) is 7.41. The van der Waals surface area contributed by atoms with Crippen LogP contribution in [0.5, 0.6) is 5.75 Å². The number of H-pyrrole nitrogens is 1. The SMILES string of the molecule is C=CCN(C)CCc1c[nH]c2ccc(OC(=O)CCCCC(=O)O)cc12. The van der Waals surface area contributed by atoms with Crippen molar-refractivity contribution in [2.24, 2.45) is 0 Å². The van der Waals surface area contributed by atoms with E-state index in [-0.39, 0.29) is 18.8 Å². The zero-order chi connectivity index (χ0) is 18.9. The number of aliphatic carboxylic acids is 1. The highest BCUT2D eigenvalue weighted by atomic mass is 16.5. The third kappa shape index (κ3) is 6.04. The molecule has 0 saturated heterocycles. The number of carboxylic acid groups (broad SMARTS) is 1. The first-order chi connectivity index (χ1) is 12.5. The number of aromatic amines is 1. The van der Waals surface area contributed by atoms with Crippen LogP contribution in [0, 0.1) is 0 Å². The average molecular weight is 358 g/mol. The maximum Gasteiger partial charge on any atom is 0.311 e. The zero-order valence-corrected chi connectivity index (χ0v) is 15.2. The van der Waals surface area contributed by atoms with Crippen molar-refractivity contribution in [2.75, 3.05) is 20.1 Å². The number of ether oxygens (including phenoxy) is 1. The number of rotatable bonds is 11. The summed E-state index contributed by atoms with van der Waals surface area (Å²) in [6.07, 6.45) is 6.04. The van der Waals surface area contributed by atoms with Gasteiger partial charge in [0.05, 0.1) is 0 Å². The number of unbranched alkanes of at least 4 members (excludes halogenated alkanes) is 1. The lowest BCUT2D eigenvalue weighted by molar-refractivity contribution is -0.138. The van der Waals surface area contributed by atoms with Crippen molar-refractivity contribution < 1.29 is 19.4 Å². The number of benzene rings is 1. The van der Waals surface area contributed by atoms with Crippen molar-refractivity contribution in [3.8, 4) is 5.75 Å². The van der Waals surface area contributed by atoms with Gasteiger partial charge in [-0.3, -0.25) is 9.59 Å². The number of carboxylic acids is 1. The fourth-order valence-electron chi connectivity index (χ4n) is 2.78. The van der Waals surface area contributed by atoms with Crippen molar-refractivity contribution >= 4 is 22.8 Å². The molecule has 0 saturated carbocycles. The number of nitrogens with zero attached hydrogens (tertiary/aromatic N) is 1. The van der Waals surface area contributed by atoms with Gasteiger partial charge in [-0.2, -0.15) is 0 Å². The molecular weight excluding hydrogens is 332 g/mol. The number of fused-ring (bicyclic) bond motifs is 1. The van der Waals surface area contributed by atoms with Crippen LogP contribution in [0.15, 0.2) is 37.1 Å². The average Bonchev–Trinajstić information content (AvgIpc) is 2.99. The van der Waals surface area contributed by atoms with Gasteiger partial charge < -0.3 is 19.7 Å². The van der Waals surface area contributed by atoms with Gasteiger partial charge in [0.2, 0.25) is 0 Å². The Morgan fingerprint density at radius 2 is 2.08 bits per heavy atom. The molecule has 6 heteroatoms. The number of carbonyl (C=O) groups excluding carboxylic acids is 1. The van der Waals surface area contributed by atoms with Crippen LogP contribution in [0.2, 0.25) is 0 Å². The summed E-state index contributed by atoms with van der Waals surface area (Å²) in [5.41, 5.74) is 2.18. The van der Waals surface area contributed by atoms with E-state index in [4.69, 9.17) is 9.84 Å². The van der Waals surface area contributed by atoms with Gasteiger partial charge in [0.15, 0.2) is 0 Å². The number of hydrogen-bond donors (Lipinski definition) is 2. The van der Waals surface area contributed by atoms with Gasteiger partial charge in [-0.25, -0.2) is 0 Å². The Balaban J connectivity index is 1.94. The lowest BCUT2D eigenvalue weighted by Crippen LogP contribution is -2.20. The van der Waals surface area contributed by atoms with Crippen molar-refractivity contribution in [2.45, 2.75) is 32.1 Å². The molecule has 0 fully saturated rings. The predicted octanol–water partition coefficient (Wildman–Crippen LogP) is 3.38. The molecule has 2 N–H and O–H groups in total. The van der Waals surface area contributed by atoms with E-state index in [1.54, 1.807) is 6.07 Å². The lowest BCUT2D eigenvalue weighted by Gasteiger charge is -2.13. The Hall–Kier alpha value is -2.60. The molecule has 1 heterocycles. The van der Waals surface area contributed by atoms with Gasteiger partial charge in [0, 0.05) is 43.0 Å². The van der Waals surface area contributed by atoms with Gasteiger partial charge in [0.25, 0.3) is 0 Å². The highest BCUT2D eigenvalue weighted by Crippen LogP contribution is 2.24. The van der Waals surface area contributed by atoms with Crippen molar-refractivity contribution in [3.05, 3.63) is 42.6 Å². The third-order valence-corrected chi connectivity index (χ3v) is 4.20. The van der Waals surface area contributed by atoms with Gasteiger partial charge in [-0.1, -0.05) is 6.08 Å². The maximum absolute atomic E-state index is 11.9. The molecule has 2 rings (SSSR count). The van der Waals surface area contributed by atoms with E-state index in [2.05, 4.69) is 16.5 Å². The van der Waals surface area contributed by atoms with Crippen LogP contribution >= 0.6 is 0 Å². The molecule has 0 radical (unpaired) electrons. The number of carbonyl (C=O) groups is 2. The topological polar surface area (TPSA) is 82.6 Å². The molecule has 0 unspecified atom stereocenters. The number of likely N-dealkylation sites (N-methyl/N-ethyl adjacent to an activating group) is 1. The van der Waals surface area contributed by atoms with E-state index < -0.39 is 5.97 Å². The van der Waals surface area contributed by atoms with E-state index in [1.165, 1.54) is 5.56 Å². The first-order valence-electron chi connectivity index (χ1n) is 8.81. The van der Waals surface area contributed by atoms with Crippen LogP contribution in [0.25, 0.3) is 10.9 Å². The highest BCUT2D eigenvalue weighted by Gasteiger charge is 2.10. The first-order valence-corrected chi connectivity index (χ1v) is 8.81. The summed E-state index contributed by atoms with van der Waals surface area (Å²) >= 11 is 0. The molecule has 0 aliphatic rings. The van der Waals surface area contributed by atoms with Crippen LogP contribution in [0.1, 0.15) is 31.2 Å². The molecule has 140 valence electrons. The lowest BCUT2D eigenvalue weighted by atomic mass is 10.1. The van der Waals surface area contributed by atoms with E-state index in [9.17, 15) is 9.59 Å². The molecule has 0 spiro atoms. The van der Waals surface area contributed by atoms with Gasteiger partial charge in [-0.05, 0) is 50.1 Å². The minimum Gasteiger partial charge on any atom is -0.481 e. The second-order valence-corrected chi connectivity index (χ2v) is 6.40. The summed E-state index contributed by atoms with van der Waals surface area (Å²) in [7, 11) is 2.05. The molecule has 0 aliphatic carbocycles. The highest BCUT2D eigenvalue weighted by molar-refractivity contribution is 5.85. The zero-order valence-electron chi connectivity index (χ0n) is 15.2. The summed E-state index contributed by atoms with van der Waals surface area (Å²) < 4.78 is 5.39. The molecule has 26 heavy (non-hydrogen) atoms. The van der Waals surface area contributed by atoms with Gasteiger partial charge in [0.1, 0.15) is 5.75 Å². The number of aromatic nitrogens is 1. The van der Waals surface area contributed by atoms with Crippen molar-refractivity contribution in [3.63, 3.8) is 0 Å². The van der Waals surface area contributed by atoms with Crippen molar-refractivity contribution in [1.29, 1.82) is 0 Å². The Bertz CT molecular complexity index is 766. The van der Waals surface area contributed by atoms with E-state index in [0.29, 0.717) is 18.6 Å². The third-order valence-electron chi connectivity index (χ3n) is 4.20. The molecule has 1 aromatic heterocycles. The summed E-state index contributed by atoms with van der Waals surface area (Å²) in [5, 5.41) is 9.65. The van der Waals surface area contributed by atoms with Crippen molar-refractivity contribution in [1.82, 2.24) is 9.88 Å². The van der Waals surface area contributed by atoms with E-state index >= 15 is 0 Å². The Morgan fingerprint density at radius 3 is 2.81 bits per heavy atom. The van der Waals surface area contributed by atoms with E-state index in [0.717, 1.165) is 30.4 Å². The molecule has 0 amide bonds. The minimum atomic E-state index is -0.845. The second kappa shape index (κ2) is 9.77. The van der Waals surface area contributed by atoms with Crippen LogP contribution in [-0.2, 0) is 16.0 Å². The number of esters is 1. The maximum atomic E-state index is 11.9. The Morgan fingerprint density at radius 1 is 1.31 bits per heavy atom. The number of nitrogens with one attached hydrogen (secondary N) is 1. The predicted molar refractivity (Wildman–Crippen MR) is 101 cm³/mol. The molecule has 0 bridgehead atoms. The quantitative estimate of drug-likeness (QED) is 0.278. The molecule has 1 aromatic carbocycles. The molecular formula is C20H26N2O4. The van der Waals surface area contributed by atoms with Crippen LogP contribution in [0.4, 0.5) is 0 Å². The second-order valence-electron chi connectivity index (χ2n) is 6.40. The summed E-state index contributed by atoms with van der Waals surface area (Å²) in [5.74, 6) is -0.666. The van der Waals surface area contributed by atoms with Gasteiger partial charge >= 0.3 is 11.9 Å². The van der Waals surface area contributed by atoms with Gasteiger partial charge in [-0.15, -0.1) is 6.58 Å². The largest absolute Gasteiger partial charge is 0.481 e. The smallest absolute Gasteiger partial charge is 0.311 e. The molecule has 0 aliphatic heterocycles. The van der Waals surface area contributed by atoms with Crippen LogP contribution < -0.4 is 4.74 Å². The molecule has 2 aromatic rings. The first kappa shape index (κ1) is 19.7.